The van der Waals surface area contributed by atoms with Crippen molar-refractivity contribution in [3.63, 3.8) is 0 Å². The Morgan fingerprint density at radius 3 is 2.25 bits per heavy atom. The number of aliphatic hydroxyl groups is 3. The molecule has 0 saturated heterocycles. The van der Waals surface area contributed by atoms with Gasteiger partial charge in [-0.05, 0) is 82.4 Å². The van der Waals surface area contributed by atoms with Gasteiger partial charge in [0.25, 0.3) is 0 Å². The van der Waals surface area contributed by atoms with E-state index in [0.29, 0.717) is 6.42 Å². The van der Waals surface area contributed by atoms with Crippen molar-refractivity contribution in [3.05, 3.63) is 35.6 Å². The maximum Gasteiger partial charge on any atom is 0.303 e. The van der Waals surface area contributed by atoms with Gasteiger partial charge in [-0.2, -0.15) is 0 Å². The third-order valence-electron chi connectivity index (χ3n) is 11.2. The molecule has 0 amide bonds. The van der Waals surface area contributed by atoms with E-state index in [9.17, 15) is 34.5 Å². The first-order valence-electron chi connectivity index (χ1n) is 14.1. The molecule has 4 rings (SSSR count). The number of hydrogen-bond donors (Lipinski definition) is 3. The van der Waals surface area contributed by atoms with Gasteiger partial charge in [0.05, 0.1) is 11.5 Å². The van der Waals surface area contributed by atoms with Crippen LogP contribution in [0.2, 0.25) is 0 Å². The van der Waals surface area contributed by atoms with Gasteiger partial charge in [-0.3, -0.25) is 19.2 Å². The minimum absolute atomic E-state index is 0.0249. The van der Waals surface area contributed by atoms with Crippen molar-refractivity contribution >= 4 is 23.3 Å². The first-order chi connectivity index (χ1) is 18.1. The first kappa shape index (κ1) is 30.4. The van der Waals surface area contributed by atoms with Gasteiger partial charge in [-0.1, -0.05) is 32.4 Å². The van der Waals surface area contributed by atoms with Crippen LogP contribution in [0, 0.1) is 39.4 Å². The summed E-state index contributed by atoms with van der Waals surface area (Å²) in [4.78, 5) is 52.0. The van der Waals surface area contributed by atoms with Gasteiger partial charge in [0, 0.05) is 30.6 Å². The summed E-state index contributed by atoms with van der Waals surface area (Å²) in [6.07, 6.45) is 5.89. The van der Waals surface area contributed by atoms with Crippen LogP contribution < -0.4 is 0 Å². The second kappa shape index (κ2) is 8.96. The quantitative estimate of drug-likeness (QED) is 0.260. The normalized spacial score (nSPS) is 40.4. The summed E-state index contributed by atoms with van der Waals surface area (Å²) in [5, 5.41) is 33.8. The largest absolute Gasteiger partial charge is 0.505 e. The molecule has 0 spiro atoms. The number of hydrogen-bond acceptors (Lipinski definition) is 8. The third kappa shape index (κ3) is 4.00. The fourth-order valence-electron chi connectivity index (χ4n) is 8.98. The molecule has 0 bridgehead atoms. The highest BCUT2D eigenvalue weighted by Gasteiger charge is 2.74. The van der Waals surface area contributed by atoms with Crippen LogP contribution in [0.1, 0.15) is 81.6 Å². The Hall–Kier alpha value is -2.58. The molecule has 0 heterocycles. The van der Waals surface area contributed by atoms with Crippen LogP contribution in [0.3, 0.4) is 0 Å². The second-order valence-electron chi connectivity index (χ2n) is 14.4. The lowest BCUT2D eigenvalue weighted by Gasteiger charge is -2.63. The van der Waals surface area contributed by atoms with Gasteiger partial charge in [0.1, 0.15) is 17.0 Å². The Bertz CT molecular complexity index is 1270. The number of allylic oxidation sites excluding steroid dienone is 4. The molecule has 40 heavy (non-hydrogen) atoms. The standard InChI is InChI=1S/C32H44O8/c1-17(33)40-27(2,3)13-12-23(36)32(9,39)25-21(35)15-29(6)22-11-10-18-19(14-20(34)26(38)28(18,4)5)31(22,8)24(37)16-30(25,29)7/h10,12-14,19,21-22,25,34-35,39H,11,15-16H2,1-9H3/t19-,21-,22+,25+,29+,30-,31+,32-/m1/s1. The number of fused-ring (bicyclic) bond motifs is 5. The van der Waals surface area contributed by atoms with Gasteiger partial charge >= 0.3 is 5.97 Å². The molecule has 2 fully saturated rings. The topological polar surface area (TPSA) is 138 Å². The lowest BCUT2D eigenvalue weighted by molar-refractivity contribution is -0.179. The van der Waals surface area contributed by atoms with Crippen LogP contribution in [0.25, 0.3) is 0 Å². The maximum atomic E-state index is 14.3. The lowest BCUT2D eigenvalue weighted by Crippen LogP contribution is -2.64. The summed E-state index contributed by atoms with van der Waals surface area (Å²) in [6.45, 7) is 15.3. The molecule has 2 saturated carbocycles. The highest BCUT2D eigenvalue weighted by atomic mass is 16.6. The van der Waals surface area contributed by atoms with E-state index >= 15 is 0 Å². The number of carbonyl (C=O) groups is 4. The second-order valence-corrected chi connectivity index (χ2v) is 14.4. The molecule has 3 N–H and O–H groups in total. The van der Waals surface area contributed by atoms with Crippen LogP contribution >= 0.6 is 0 Å². The predicted octanol–water partition coefficient (Wildman–Crippen LogP) is 4.19. The van der Waals surface area contributed by atoms with Crippen molar-refractivity contribution < 1.29 is 39.2 Å². The van der Waals surface area contributed by atoms with E-state index in [4.69, 9.17) is 4.74 Å². The Morgan fingerprint density at radius 2 is 1.68 bits per heavy atom. The van der Waals surface area contributed by atoms with Gasteiger partial charge in [-0.25, -0.2) is 0 Å². The van der Waals surface area contributed by atoms with Gasteiger partial charge in [-0.15, -0.1) is 0 Å². The Labute approximate surface area is 236 Å². The van der Waals surface area contributed by atoms with E-state index < -0.39 is 62.6 Å². The molecule has 0 aliphatic heterocycles. The molecule has 8 nitrogen and oxygen atoms in total. The predicted molar refractivity (Wildman–Crippen MR) is 148 cm³/mol. The van der Waals surface area contributed by atoms with Crippen molar-refractivity contribution in [1.82, 2.24) is 0 Å². The number of carbonyl (C=O) groups excluding carboxylic acids is 4. The van der Waals surface area contributed by atoms with Crippen molar-refractivity contribution in [2.45, 2.75) is 98.9 Å². The number of ketones is 3. The molecule has 8 heteroatoms. The van der Waals surface area contributed by atoms with Crippen molar-refractivity contribution in [2.75, 3.05) is 0 Å². The van der Waals surface area contributed by atoms with Gasteiger partial charge < -0.3 is 20.1 Å². The van der Waals surface area contributed by atoms with E-state index in [1.165, 1.54) is 32.1 Å². The molecule has 220 valence electrons. The molecule has 0 aromatic carbocycles. The summed E-state index contributed by atoms with van der Waals surface area (Å²) in [7, 11) is 0. The summed E-state index contributed by atoms with van der Waals surface area (Å²) in [5.74, 6) is -3.61. The van der Waals surface area contributed by atoms with E-state index in [0.717, 1.165) is 5.57 Å². The monoisotopic (exact) mass is 556 g/mol. The number of aliphatic hydroxyl groups excluding tert-OH is 2. The van der Waals surface area contributed by atoms with E-state index in [-0.39, 0.29) is 36.1 Å². The fourth-order valence-corrected chi connectivity index (χ4v) is 8.98. The average Bonchev–Trinajstić information content (AvgIpc) is 3.01. The van der Waals surface area contributed by atoms with Crippen molar-refractivity contribution in [1.29, 1.82) is 0 Å². The zero-order valence-corrected chi connectivity index (χ0v) is 25.1. The van der Waals surface area contributed by atoms with E-state index in [1.807, 2.05) is 26.8 Å². The summed E-state index contributed by atoms with van der Waals surface area (Å²) in [6, 6.07) is 0. The number of ether oxygens (including phenoxy) is 1. The molecule has 0 radical (unpaired) electrons. The van der Waals surface area contributed by atoms with Crippen molar-refractivity contribution in [2.24, 2.45) is 39.4 Å². The highest BCUT2D eigenvalue weighted by Crippen LogP contribution is 2.73. The summed E-state index contributed by atoms with van der Waals surface area (Å²) in [5.41, 5.74) is -5.72. The summed E-state index contributed by atoms with van der Waals surface area (Å²) < 4.78 is 5.22. The first-order valence-corrected chi connectivity index (χ1v) is 14.1. The molecule has 4 aliphatic rings. The molecule has 8 atom stereocenters. The van der Waals surface area contributed by atoms with E-state index in [1.54, 1.807) is 27.7 Å². The van der Waals surface area contributed by atoms with Crippen LogP contribution in [0.5, 0.6) is 0 Å². The molecule has 0 unspecified atom stereocenters. The summed E-state index contributed by atoms with van der Waals surface area (Å²) >= 11 is 0. The minimum Gasteiger partial charge on any atom is -0.505 e. The van der Waals surface area contributed by atoms with Crippen LogP contribution in [0.4, 0.5) is 0 Å². The molecular formula is C32H44O8. The molecule has 0 aromatic rings. The number of Topliss-reactive ketones (excluding diaryl/α,β-unsaturated/α-hetero) is 2. The number of rotatable bonds is 5. The maximum absolute atomic E-state index is 14.3. The lowest BCUT2D eigenvalue weighted by atomic mass is 9.39. The zero-order chi connectivity index (χ0) is 30.4. The fraction of sp³-hybridized carbons (Fsp3) is 0.688. The minimum atomic E-state index is -2.00. The molecular weight excluding hydrogens is 512 g/mol. The van der Waals surface area contributed by atoms with Crippen LogP contribution in [-0.4, -0.2) is 55.9 Å². The Balaban J connectivity index is 1.76. The van der Waals surface area contributed by atoms with Crippen LogP contribution in [-0.2, 0) is 23.9 Å². The Kier molecular flexibility index (Phi) is 6.80. The smallest absolute Gasteiger partial charge is 0.303 e. The SMILES string of the molecule is CC(=O)OC(C)(C)C=CC(=O)[C@@](C)(O)[C@H]1[C@H](O)C[C@@]2(C)[C@@H]3CC=C4[C@@H](C=C(O)C(=O)C4(C)C)[C@]3(C)C(=O)C[C@]12C. The third-order valence-corrected chi connectivity index (χ3v) is 11.2. The zero-order valence-electron chi connectivity index (χ0n) is 25.1. The van der Waals surface area contributed by atoms with Gasteiger partial charge in [0.15, 0.2) is 11.5 Å². The number of esters is 1. The average molecular weight is 557 g/mol. The van der Waals surface area contributed by atoms with Crippen LogP contribution in [0.15, 0.2) is 35.6 Å². The van der Waals surface area contributed by atoms with Crippen molar-refractivity contribution in [3.8, 4) is 0 Å². The van der Waals surface area contributed by atoms with Gasteiger partial charge in [0.2, 0.25) is 5.78 Å². The highest BCUT2D eigenvalue weighted by molar-refractivity contribution is 6.02. The molecule has 4 aliphatic carbocycles. The molecule has 0 aromatic heterocycles. The van der Waals surface area contributed by atoms with E-state index in [2.05, 4.69) is 0 Å². The Morgan fingerprint density at radius 1 is 1.07 bits per heavy atom.